The van der Waals surface area contributed by atoms with E-state index in [1.807, 2.05) is 34.9 Å². The molecule has 1 saturated heterocycles. The van der Waals surface area contributed by atoms with Gasteiger partial charge in [0.1, 0.15) is 11.5 Å². The van der Waals surface area contributed by atoms with E-state index in [-0.39, 0.29) is 6.61 Å². The molecular formula is C22H29N5O2. The van der Waals surface area contributed by atoms with Gasteiger partial charge in [-0.05, 0) is 56.5 Å². The van der Waals surface area contributed by atoms with Crippen LogP contribution < -0.4 is 10.6 Å². The minimum absolute atomic E-state index is 0.149. The molecule has 0 radical (unpaired) electrons. The predicted molar refractivity (Wildman–Crippen MR) is 114 cm³/mol. The van der Waals surface area contributed by atoms with E-state index in [9.17, 15) is 10.2 Å². The van der Waals surface area contributed by atoms with E-state index in [0.29, 0.717) is 28.7 Å². The first-order valence-corrected chi connectivity index (χ1v) is 10.1. The Bertz CT molecular complexity index is 1010. The van der Waals surface area contributed by atoms with E-state index in [1.54, 1.807) is 20.0 Å². The highest BCUT2D eigenvalue weighted by atomic mass is 16.3. The SMILES string of the molecule is C[C@@H]1CNC[C@@H](Nc2cccc(-c3cnc4cc(CO)c(C(C)(C)O)cn34)n2)C1. The van der Waals surface area contributed by atoms with Gasteiger partial charge < -0.3 is 20.8 Å². The average Bonchev–Trinajstić information content (AvgIpc) is 3.09. The van der Waals surface area contributed by atoms with Crippen molar-refractivity contribution in [3.05, 3.63) is 47.8 Å². The van der Waals surface area contributed by atoms with Crippen molar-refractivity contribution in [2.24, 2.45) is 5.92 Å². The Morgan fingerprint density at radius 1 is 1.31 bits per heavy atom. The van der Waals surface area contributed by atoms with Crippen LogP contribution in [-0.4, -0.2) is 43.7 Å². The largest absolute Gasteiger partial charge is 0.392 e. The molecule has 2 atom stereocenters. The lowest BCUT2D eigenvalue weighted by atomic mass is 9.95. The first-order chi connectivity index (χ1) is 13.8. The standard InChI is InChI=1S/C22H29N5O2/c1-14-7-16(10-23-9-14)25-20-6-4-5-18(26-20)19-11-24-21-8-15(13-28)17(12-27(19)21)22(2,3)29/h4-6,8,11-12,14,16,23,28-29H,7,9-10,13H2,1-3H3,(H,25,26)/t14-,16-/m0/s1. The highest BCUT2D eigenvalue weighted by Gasteiger charge is 2.22. The average molecular weight is 396 g/mol. The summed E-state index contributed by atoms with van der Waals surface area (Å²) in [5.74, 6) is 1.48. The number of aliphatic hydroxyl groups excluding tert-OH is 1. The molecule has 0 aliphatic carbocycles. The van der Waals surface area contributed by atoms with Gasteiger partial charge >= 0.3 is 0 Å². The number of hydrogen-bond donors (Lipinski definition) is 4. The molecule has 1 aliphatic rings. The zero-order valence-corrected chi connectivity index (χ0v) is 17.2. The molecule has 29 heavy (non-hydrogen) atoms. The molecule has 0 unspecified atom stereocenters. The number of nitrogens with one attached hydrogen (secondary N) is 2. The Balaban J connectivity index is 1.69. The number of pyridine rings is 2. The molecule has 0 amide bonds. The molecule has 154 valence electrons. The van der Waals surface area contributed by atoms with Crippen molar-refractivity contribution < 1.29 is 10.2 Å². The van der Waals surface area contributed by atoms with Crippen LogP contribution in [0.4, 0.5) is 5.82 Å². The van der Waals surface area contributed by atoms with E-state index >= 15 is 0 Å². The number of rotatable bonds is 5. The molecule has 3 aromatic heterocycles. The molecule has 1 fully saturated rings. The number of hydrogen-bond acceptors (Lipinski definition) is 6. The second-order valence-corrected chi connectivity index (χ2v) is 8.55. The zero-order valence-electron chi connectivity index (χ0n) is 17.2. The van der Waals surface area contributed by atoms with E-state index in [0.717, 1.165) is 36.7 Å². The number of aliphatic hydroxyl groups is 2. The van der Waals surface area contributed by atoms with Crippen molar-refractivity contribution in [2.75, 3.05) is 18.4 Å². The normalized spacial score (nSPS) is 20.2. The monoisotopic (exact) mass is 395 g/mol. The molecule has 1 aliphatic heterocycles. The van der Waals surface area contributed by atoms with Crippen molar-refractivity contribution in [1.29, 1.82) is 0 Å². The topological polar surface area (TPSA) is 94.7 Å². The molecule has 4 heterocycles. The highest BCUT2D eigenvalue weighted by molar-refractivity contribution is 5.63. The molecule has 0 aromatic carbocycles. The zero-order chi connectivity index (χ0) is 20.6. The first kappa shape index (κ1) is 19.8. The summed E-state index contributed by atoms with van der Waals surface area (Å²) < 4.78 is 1.92. The van der Waals surface area contributed by atoms with E-state index in [1.165, 1.54) is 0 Å². The number of nitrogens with zero attached hydrogens (tertiary/aromatic N) is 3. The van der Waals surface area contributed by atoms with Gasteiger partial charge in [0, 0.05) is 24.3 Å². The van der Waals surface area contributed by atoms with Crippen molar-refractivity contribution in [3.8, 4) is 11.4 Å². The Hall–Kier alpha value is -2.48. The van der Waals surface area contributed by atoms with Crippen LogP contribution in [0.15, 0.2) is 36.7 Å². The molecule has 7 nitrogen and oxygen atoms in total. The lowest BCUT2D eigenvalue weighted by Gasteiger charge is -2.28. The van der Waals surface area contributed by atoms with Crippen LogP contribution in [0.3, 0.4) is 0 Å². The fourth-order valence-electron chi connectivity index (χ4n) is 4.07. The summed E-state index contributed by atoms with van der Waals surface area (Å²) in [5.41, 5.74) is 2.62. The minimum atomic E-state index is -1.07. The number of imidazole rings is 1. The highest BCUT2D eigenvalue weighted by Crippen LogP contribution is 2.28. The van der Waals surface area contributed by atoms with Crippen LogP contribution in [-0.2, 0) is 12.2 Å². The molecule has 0 bridgehead atoms. The van der Waals surface area contributed by atoms with Gasteiger partial charge in [0.05, 0.1) is 29.8 Å². The number of aromatic nitrogens is 3. The summed E-state index contributed by atoms with van der Waals surface area (Å²) in [6, 6.07) is 8.10. The van der Waals surface area contributed by atoms with E-state index < -0.39 is 5.60 Å². The van der Waals surface area contributed by atoms with Gasteiger partial charge in [-0.25, -0.2) is 9.97 Å². The second-order valence-electron chi connectivity index (χ2n) is 8.55. The Labute approximate surface area is 170 Å². The minimum Gasteiger partial charge on any atom is -0.392 e. The maximum Gasteiger partial charge on any atom is 0.137 e. The predicted octanol–water partition coefficient (Wildman–Crippen LogP) is 2.53. The second kappa shape index (κ2) is 7.74. The lowest BCUT2D eigenvalue weighted by Crippen LogP contribution is -2.42. The third kappa shape index (κ3) is 4.12. The molecule has 3 aromatic rings. The Morgan fingerprint density at radius 2 is 2.14 bits per heavy atom. The Morgan fingerprint density at radius 3 is 2.86 bits per heavy atom. The summed E-state index contributed by atoms with van der Waals surface area (Å²) in [6.07, 6.45) is 4.74. The van der Waals surface area contributed by atoms with Crippen LogP contribution >= 0.6 is 0 Å². The fourth-order valence-corrected chi connectivity index (χ4v) is 4.07. The molecule has 0 spiro atoms. The summed E-state index contributed by atoms with van der Waals surface area (Å²) in [6.45, 7) is 7.53. The van der Waals surface area contributed by atoms with Crippen LogP contribution in [0.2, 0.25) is 0 Å². The maximum atomic E-state index is 10.5. The number of fused-ring (bicyclic) bond motifs is 1. The summed E-state index contributed by atoms with van der Waals surface area (Å²) in [4.78, 5) is 9.29. The third-order valence-corrected chi connectivity index (χ3v) is 5.50. The van der Waals surface area contributed by atoms with Crippen LogP contribution in [0.25, 0.3) is 17.0 Å². The fraction of sp³-hybridized carbons (Fsp3) is 0.455. The van der Waals surface area contributed by atoms with Gasteiger partial charge in [-0.15, -0.1) is 0 Å². The van der Waals surface area contributed by atoms with E-state index in [2.05, 4.69) is 22.5 Å². The van der Waals surface area contributed by atoms with Crippen LogP contribution in [0.1, 0.15) is 38.3 Å². The lowest BCUT2D eigenvalue weighted by molar-refractivity contribution is 0.0755. The van der Waals surface area contributed by atoms with Crippen molar-refractivity contribution in [2.45, 2.75) is 45.4 Å². The summed E-state index contributed by atoms with van der Waals surface area (Å²) in [5, 5.41) is 27.2. The van der Waals surface area contributed by atoms with Crippen molar-refractivity contribution in [1.82, 2.24) is 19.7 Å². The first-order valence-electron chi connectivity index (χ1n) is 10.1. The molecule has 4 N–H and O–H groups in total. The molecule has 7 heteroatoms. The van der Waals surface area contributed by atoms with Crippen molar-refractivity contribution >= 4 is 11.5 Å². The molecule has 0 saturated carbocycles. The van der Waals surface area contributed by atoms with Gasteiger partial charge in [0.25, 0.3) is 0 Å². The van der Waals surface area contributed by atoms with Crippen LogP contribution in [0, 0.1) is 5.92 Å². The van der Waals surface area contributed by atoms with E-state index in [4.69, 9.17) is 4.98 Å². The smallest absolute Gasteiger partial charge is 0.137 e. The Kier molecular flexibility index (Phi) is 5.29. The molecule has 4 rings (SSSR count). The number of piperidine rings is 1. The third-order valence-electron chi connectivity index (χ3n) is 5.50. The number of anilines is 1. The summed E-state index contributed by atoms with van der Waals surface area (Å²) in [7, 11) is 0. The maximum absolute atomic E-state index is 10.5. The van der Waals surface area contributed by atoms with Crippen molar-refractivity contribution in [3.63, 3.8) is 0 Å². The van der Waals surface area contributed by atoms with Gasteiger partial charge in [-0.1, -0.05) is 13.0 Å². The van der Waals surface area contributed by atoms with Crippen LogP contribution in [0.5, 0.6) is 0 Å². The van der Waals surface area contributed by atoms with Gasteiger partial charge in [0.15, 0.2) is 0 Å². The van der Waals surface area contributed by atoms with Gasteiger partial charge in [-0.3, -0.25) is 4.40 Å². The van der Waals surface area contributed by atoms with Gasteiger partial charge in [-0.2, -0.15) is 0 Å². The molecular weight excluding hydrogens is 366 g/mol. The quantitative estimate of drug-likeness (QED) is 0.530. The van der Waals surface area contributed by atoms with Gasteiger partial charge in [0.2, 0.25) is 0 Å². The summed E-state index contributed by atoms with van der Waals surface area (Å²) >= 11 is 0.